The fraction of sp³-hybridized carbons (Fsp3) is 0.552. The molecule has 3 aliphatic rings. The molecule has 1 saturated heterocycles. The molecule has 0 bridgehead atoms. The zero-order valence-electron chi connectivity index (χ0n) is 20.6. The highest BCUT2D eigenvalue weighted by molar-refractivity contribution is 5.94. The number of nitrogens with zero attached hydrogens (tertiary/aromatic N) is 1. The van der Waals surface area contributed by atoms with Gasteiger partial charge in [0.05, 0.1) is 18.8 Å². The van der Waals surface area contributed by atoms with Crippen LogP contribution in [0.3, 0.4) is 0 Å². The van der Waals surface area contributed by atoms with Crippen LogP contribution in [-0.4, -0.2) is 49.3 Å². The number of hydrogen-bond acceptors (Lipinski definition) is 4. The highest BCUT2D eigenvalue weighted by Crippen LogP contribution is 2.30. The Bertz CT molecular complexity index is 985. The first-order chi connectivity index (χ1) is 16.5. The molecule has 2 aliphatic carbocycles. The van der Waals surface area contributed by atoms with Crippen LogP contribution in [0.5, 0.6) is 5.75 Å². The molecule has 2 fully saturated rings. The monoisotopic (exact) mass is 462 g/mol. The van der Waals surface area contributed by atoms with Gasteiger partial charge in [-0.1, -0.05) is 18.2 Å². The average molecular weight is 463 g/mol. The van der Waals surface area contributed by atoms with Crippen LogP contribution in [0.2, 0.25) is 0 Å². The maximum Gasteiger partial charge on any atom is 0.253 e. The number of carbonyl (C=O) groups is 1. The van der Waals surface area contributed by atoms with Crippen molar-refractivity contribution < 1.29 is 14.3 Å². The van der Waals surface area contributed by atoms with Gasteiger partial charge in [0.2, 0.25) is 0 Å². The zero-order valence-corrected chi connectivity index (χ0v) is 20.6. The number of amides is 1. The van der Waals surface area contributed by atoms with Crippen molar-refractivity contribution in [2.45, 2.75) is 76.7 Å². The Morgan fingerprint density at radius 2 is 1.88 bits per heavy atom. The fourth-order valence-electron chi connectivity index (χ4n) is 5.20. The molecule has 0 spiro atoms. The average Bonchev–Trinajstić information content (AvgIpc) is 3.61. The summed E-state index contributed by atoms with van der Waals surface area (Å²) in [5.41, 5.74) is 4.86. The molecule has 5 heteroatoms. The lowest BCUT2D eigenvalue weighted by atomic mass is 9.86. The van der Waals surface area contributed by atoms with E-state index in [0.29, 0.717) is 12.2 Å². The molecule has 5 rings (SSSR count). The standard InChI is InChI=1S/C29H38N2O3/c1-20-3-12-28(34-20)18-30-17-22-6-7-25-16-26(11-8-24(25)15-22)31(2)29(32)23-9-13-27(14-10-23)33-19-21-4-5-21/h6-7,9-10,13-15,20-21,26,28,30H,3-5,8,11-12,16-19H2,1-2H3/t20?,26-,28?/m0/s1. The van der Waals surface area contributed by atoms with Crippen molar-refractivity contribution in [3.63, 3.8) is 0 Å². The summed E-state index contributed by atoms with van der Waals surface area (Å²) in [4.78, 5) is 15.0. The number of hydrogen-bond donors (Lipinski definition) is 1. The van der Waals surface area contributed by atoms with Crippen molar-refractivity contribution in [1.29, 1.82) is 0 Å². The van der Waals surface area contributed by atoms with Crippen LogP contribution in [0.1, 0.15) is 66.1 Å². The van der Waals surface area contributed by atoms with Crippen LogP contribution in [0, 0.1) is 5.92 Å². The maximum atomic E-state index is 13.1. The number of likely N-dealkylation sites (N-methyl/N-ethyl adjacent to an activating group) is 1. The molecular formula is C29H38N2O3. The predicted octanol–water partition coefficient (Wildman–Crippen LogP) is 4.76. The van der Waals surface area contributed by atoms with Gasteiger partial charge in [0.1, 0.15) is 5.75 Å². The Morgan fingerprint density at radius 1 is 1.06 bits per heavy atom. The van der Waals surface area contributed by atoms with Crippen LogP contribution < -0.4 is 10.1 Å². The summed E-state index contributed by atoms with van der Waals surface area (Å²) in [5.74, 6) is 1.67. The summed E-state index contributed by atoms with van der Waals surface area (Å²) in [5, 5.41) is 3.56. The molecule has 1 N–H and O–H groups in total. The molecule has 3 atom stereocenters. The van der Waals surface area contributed by atoms with Gasteiger partial charge in [0, 0.05) is 31.7 Å². The van der Waals surface area contributed by atoms with Crippen LogP contribution in [0.15, 0.2) is 42.5 Å². The first-order valence-corrected chi connectivity index (χ1v) is 13.0. The minimum Gasteiger partial charge on any atom is -0.493 e. The lowest BCUT2D eigenvalue weighted by Gasteiger charge is -2.33. The molecule has 2 aromatic carbocycles. The van der Waals surface area contributed by atoms with Gasteiger partial charge >= 0.3 is 0 Å². The van der Waals surface area contributed by atoms with Gasteiger partial charge < -0.3 is 19.7 Å². The summed E-state index contributed by atoms with van der Waals surface area (Å²) in [7, 11) is 1.94. The maximum absolute atomic E-state index is 13.1. The SMILES string of the molecule is CC1CCC(CNCc2ccc3c(c2)CC[C@H](N(C)C(=O)c2ccc(OCC4CC4)cc2)C3)O1. The first-order valence-electron chi connectivity index (χ1n) is 13.0. The van der Waals surface area contributed by atoms with Gasteiger partial charge in [-0.25, -0.2) is 0 Å². The van der Waals surface area contributed by atoms with E-state index in [4.69, 9.17) is 9.47 Å². The minimum atomic E-state index is 0.0893. The van der Waals surface area contributed by atoms with E-state index in [2.05, 4.69) is 30.4 Å². The second-order valence-electron chi connectivity index (χ2n) is 10.5. The van der Waals surface area contributed by atoms with Crippen molar-refractivity contribution in [3.05, 3.63) is 64.7 Å². The topological polar surface area (TPSA) is 50.8 Å². The molecule has 0 radical (unpaired) electrons. The molecule has 1 amide bonds. The van der Waals surface area contributed by atoms with E-state index in [1.807, 2.05) is 36.2 Å². The van der Waals surface area contributed by atoms with Crippen molar-refractivity contribution in [2.24, 2.45) is 5.92 Å². The van der Waals surface area contributed by atoms with E-state index >= 15 is 0 Å². The Labute approximate surface area is 203 Å². The van der Waals surface area contributed by atoms with Gasteiger partial charge in [0.25, 0.3) is 5.91 Å². The van der Waals surface area contributed by atoms with Crippen molar-refractivity contribution in [3.8, 4) is 5.75 Å². The molecule has 182 valence electrons. The molecule has 0 aromatic heterocycles. The van der Waals surface area contributed by atoms with Gasteiger partial charge in [-0.15, -0.1) is 0 Å². The smallest absolute Gasteiger partial charge is 0.253 e. The third kappa shape index (κ3) is 5.81. The van der Waals surface area contributed by atoms with Gasteiger partial charge in [-0.2, -0.15) is 0 Å². The number of aryl methyl sites for hydroxylation is 1. The van der Waals surface area contributed by atoms with Crippen molar-refractivity contribution in [1.82, 2.24) is 10.2 Å². The van der Waals surface area contributed by atoms with Crippen LogP contribution >= 0.6 is 0 Å². The predicted molar refractivity (Wildman–Crippen MR) is 134 cm³/mol. The molecule has 1 aliphatic heterocycles. The lowest BCUT2D eigenvalue weighted by molar-refractivity contribution is 0.0559. The molecule has 1 saturated carbocycles. The highest BCUT2D eigenvalue weighted by Gasteiger charge is 2.26. The van der Waals surface area contributed by atoms with Gasteiger partial charge in [-0.05, 0) is 98.7 Å². The van der Waals surface area contributed by atoms with Gasteiger partial charge in [0.15, 0.2) is 0 Å². The minimum absolute atomic E-state index is 0.0893. The first kappa shape index (κ1) is 23.4. The number of ether oxygens (including phenoxy) is 2. The van der Waals surface area contributed by atoms with E-state index in [9.17, 15) is 4.79 Å². The van der Waals surface area contributed by atoms with E-state index in [-0.39, 0.29) is 11.9 Å². The van der Waals surface area contributed by atoms with E-state index in [0.717, 1.165) is 62.6 Å². The quantitative estimate of drug-likeness (QED) is 0.584. The summed E-state index contributed by atoms with van der Waals surface area (Å²) in [6.45, 7) is 4.75. The molecule has 5 nitrogen and oxygen atoms in total. The number of benzene rings is 2. The largest absolute Gasteiger partial charge is 0.493 e. The van der Waals surface area contributed by atoms with E-state index < -0.39 is 0 Å². The van der Waals surface area contributed by atoms with E-state index in [1.54, 1.807) is 0 Å². The van der Waals surface area contributed by atoms with Crippen molar-refractivity contribution >= 4 is 5.91 Å². The Hall–Kier alpha value is -2.37. The zero-order chi connectivity index (χ0) is 23.5. The third-order valence-corrected chi connectivity index (χ3v) is 7.65. The van der Waals surface area contributed by atoms with Crippen LogP contribution in [-0.2, 0) is 24.1 Å². The number of carbonyl (C=O) groups excluding carboxylic acids is 1. The molecule has 1 heterocycles. The number of fused-ring (bicyclic) bond motifs is 1. The third-order valence-electron chi connectivity index (χ3n) is 7.65. The molecule has 2 unspecified atom stereocenters. The van der Waals surface area contributed by atoms with Gasteiger partial charge in [-0.3, -0.25) is 4.79 Å². The Balaban J connectivity index is 1.12. The van der Waals surface area contributed by atoms with Crippen LogP contribution in [0.25, 0.3) is 0 Å². The summed E-state index contributed by atoms with van der Waals surface area (Å²) in [6, 6.07) is 14.7. The second-order valence-corrected chi connectivity index (χ2v) is 10.5. The highest BCUT2D eigenvalue weighted by atomic mass is 16.5. The Morgan fingerprint density at radius 3 is 2.62 bits per heavy atom. The molecule has 2 aromatic rings. The lowest BCUT2D eigenvalue weighted by Crippen LogP contribution is -2.40. The van der Waals surface area contributed by atoms with Crippen LogP contribution in [0.4, 0.5) is 0 Å². The second kappa shape index (κ2) is 10.5. The normalized spacial score (nSPS) is 24.0. The fourth-order valence-corrected chi connectivity index (χ4v) is 5.20. The Kier molecular flexibility index (Phi) is 7.21. The molecular weight excluding hydrogens is 424 g/mol. The number of rotatable bonds is 9. The van der Waals surface area contributed by atoms with Crippen molar-refractivity contribution in [2.75, 3.05) is 20.2 Å². The summed E-state index contributed by atoms with van der Waals surface area (Å²) < 4.78 is 11.7. The van der Waals surface area contributed by atoms with E-state index in [1.165, 1.54) is 36.0 Å². The summed E-state index contributed by atoms with van der Waals surface area (Å²) >= 11 is 0. The molecule has 34 heavy (non-hydrogen) atoms. The number of nitrogens with one attached hydrogen (secondary N) is 1. The summed E-state index contributed by atoms with van der Waals surface area (Å²) in [6.07, 6.45) is 8.57.